The molecule has 0 bridgehead atoms. The maximum Gasteiger partial charge on any atom is 0.196 e. The van der Waals surface area contributed by atoms with Crippen molar-refractivity contribution in [2.75, 3.05) is 31.2 Å². The highest BCUT2D eigenvalue weighted by Crippen LogP contribution is 2.35. The molecule has 1 aliphatic rings. The van der Waals surface area contributed by atoms with Gasteiger partial charge in [-0.1, -0.05) is 35.9 Å². The van der Waals surface area contributed by atoms with Crippen molar-refractivity contribution >= 4 is 27.9 Å². The van der Waals surface area contributed by atoms with Crippen molar-refractivity contribution in [2.24, 2.45) is 0 Å². The lowest BCUT2D eigenvalue weighted by Crippen LogP contribution is -2.37. The van der Waals surface area contributed by atoms with E-state index in [9.17, 15) is 0 Å². The lowest BCUT2D eigenvalue weighted by atomic mass is 10.1. The Balaban J connectivity index is 1.79. The van der Waals surface area contributed by atoms with E-state index in [0.29, 0.717) is 13.2 Å². The summed E-state index contributed by atoms with van der Waals surface area (Å²) in [6.07, 6.45) is 0. The van der Waals surface area contributed by atoms with Gasteiger partial charge in [-0.2, -0.15) is 0 Å². The minimum absolute atomic E-state index is 0.700. The molecule has 4 aromatic rings. The minimum Gasteiger partial charge on any atom is -0.450 e. The molecule has 0 N–H and O–H groups in total. The lowest BCUT2D eigenvalue weighted by molar-refractivity contribution is 0.122. The van der Waals surface area contributed by atoms with Crippen LogP contribution < -0.4 is 4.90 Å². The van der Waals surface area contributed by atoms with Gasteiger partial charge in [-0.25, -0.2) is 9.97 Å². The normalized spacial score (nSPS) is 15.0. The Morgan fingerprint density at radius 1 is 0.962 bits per heavy atom. The van der Waals surface area contributed by atoms with Gasteiger partial charge in [0.05, 0.1) is 13.2 Å². The number of nitrogens with zero attached hydrogens (tertiary/aromatic N) is 3. The minimum atomic E-state index is 0.700. The summed E-state index contributed by atoms with van der Waals surface area (Å²) < 4.78 is 11.7. The zero-order chi connectivity index (χ0) is 17.5. The molecule has 2 aromatic heterocycles. The van der Waals surface area contributed by atoms with Crippen LogP contribution in [-0.2, 0) is 4.74 Å². The number of aromatic nitrogens is 2. The van der Waals surface area contributed by atoms with Gasteiger partial charge in [-0.15, -0.1) is 0 Å². The topological polar surface area (TPSA) is 51.4 Å². The summed E-state index contributed by atoms with van der Waals surface area (Å²) in [4.78, 5) is 12.0. The summed E-state index contributed by atoms with van der Waals surface area (Å²) >= 11 is 0. The number of fused-ring (bicyclic) bond motifs is 3. The van der Waals surface area contributed by atoms with E-state index in [2.05, 4.69) is 36.1 Å². The zero-order valence-electron chi connectivity index (χ0n) is 14.6. The maximum absolute atomic E-state index is 6.14. The number of aryl methyl sites for hydroxylation is 1. The van der Waals surface area contributed by atoms with Crippen molar-refractivity contribution in [3.8, 4) is 11.4 Å². The number of rotatable bonds is 2. The third-order valence-electron chi connectivity index (χ3n) is 4.79. The van der Waals surface area contributed by atoms with Crippen molar-refractivity contribution in [3.63, 3.8) is 0 Å². The molecule has 0 aliphatic carbocycles. The Kier molecular flexibility index (Phi) is 3.60. The van der Waals surface area contributed by atoms with Crippen LogP contribution in [0.5, 0.6) is 0 Å². The summed E-state index contributed by atoms with van der Waals surface area (Å²) in [6.45, 7) is 5.09. The first-order chi connectivity index (χ1) is 12.8. The number of benzene rings is 2. The van der Waals surface area contributed by atoms with E-state index in [4.69, 9.17) is 19.1 Å². The van der Waals surface area contributed by atoms with E-state index in [1.807, 2.05) is 24.3 Å². The fraction of sp³-hybridized carbons (Fsp3) is 0.238. The molecule has 0 saturated carbocycles. The molecule has 1 fully saturated rings. The fourth-order valence-electron chi connectivity index (χ4n) is 3.48. The van der Waals surface area contributed by atoms with Crippen LogP contribution in [0.4, 0.5) is 5.82 Å². The Labute approximate surface area is 151 Å². The molecule has 0 atom stereocenters. The van der Waals surface area contributed by atoms with Gasteiger partial charge >= 0.3 is 0 Å². The smallest absolute Gasteiger partial charge is 0.196 e. The molecule has 1 aliphatic heterocycles. The molecule has 5 nitrogen and oxygen atoms in total. The Hall–Kier alpha value is -2.92. The molecule has 26 heavy (non-hydrogen) atoms. The van der Waals surface area contributed by atoms with Crippen molar-refractivity contribution < 1.29 is 9.15 Å². The first kappa shape index (κ1) is 15.3. The lowest BCUT2D eigenvalue weighted by Gasteiger charge is -2.27. The molecular weight excluding hydrogens is 326 g/mol. The van der Waals surface area contributed by atoms with Crippen LogP contribution in [-0.4, -0.2) is 36.3 Å². The van der Waals surface area contributed by atoms with Gasteiger partial charge in [0.2, 0.25) is 0 Å². The molecule has 130 valence electrons. The molecule has 0 amide bonds. The second-order valence-corrected chi connectivity index (χ2v) is 6.62. The predicted molar refractivity (Wildman–Crippen MR) is 103 cm³/mol. The molecule has 0 spiro atoms. The van der Waals surface area contributed by atoms with E-state index in [-0.39, 0.29) is 0 Å². The van der Waals surface area contributed by atoms with Gasteiger partial charge in [0.1, 0.15) is 11.1 Å². The number of furan rings is 1. The molecule has 0 unspecified atom stereocenters. The van der Waals surface area contributed by atoms with Crippen LogP contribution in [0.3, 0.4) is 0 Å². The molecule has 5 heteroatoms. The maximum atomic E-state index is 6.14. The summed E-state index contributed by atoms with van der Waals surface area (Å²) in [5.41, 5.74) is 4.67. The van der Waals surface area contributed by atoms with Crippen molar-refractivity contribution in [3.05, 3.63) is 54.1 Å². The van der Waals surface area contributed by atoms with E-state index in [1.54, 1.807) is 0 Å². The van der Waals surface area contributed by atoms with E-state index in [1.165, 1.54) is 5.56 Å². The van der Waals surface area contributed by atoms with E-state index >= 15 is 0 Å². The van der Waals surface area contributed by atoms with Crippen molar-refractivity contribution in [2.45, 2.75) is 6.92 Å². The Morgan fingerprint density at radius 3 is 2.65 bits per heavy atom. The molecule has 3 heterocycles. The number of hydrogen-bond donors (Lipinski definition) is 0. The Morgan fingerprint density at radius 2 is 1.81 bits per heavy atom. The largest absolute Gasteiger partial charge is 0.450 e. The molecular formula is C21H19N3O2. The fourth-order valence-corrected chi connectivity index (χ4v) is 3.48. The van der Waals surface area contributed by atoms with Gasteiger partial charge in [0.15, 0.2) is 17.2 Å². The summed E-state index contributed by atoms with van der Waals surface area (Å²) in [6, 6.07) is 16.3. The van der Waals surface area contributed by atoms with Gasteiger partial charge in [0.25, 0.3) is 0 Å². The average molecular weight is 345 g/mol. The molecule has 1 saturated heterocycles. The number of anilines is 1. The van der Waals surface area contributed by atoms with E-state index in [0.717, 1.165) is 52.4 Å². The summed E-state index contributed by atoms with van der Waals surface area (Å²) in [7, 11) is 0. The quantitative estimate of drug-likeness (QED) is 0.545. The van der Waals surface area contributed by atoms with E-state index < -0.39 is 0 Å². The Bertz CT molecular complexity index is 1100. The van der Waals surface area contributed by atoms with Gasteiger partial charge in [-0.05, 0) is 25.1 Å². The van der Waals surface area contributed by atoms with Gasteiger partial charge in [-0.3, -0.25) is 0 Å². The molecule has 2 aromatic carbocycles. The van der Waals surface area contributed by atoms with Crippen molar-refractivity contribution in [1.29, 1.82) is 0 Å². The van der Waals surface area contributed by atoms with Crippen molar-refractivity contribution in [1.82, 2.24) is 9.97 Å². The number of ether oxygens (including phenoxy) is 1. The first-order valence-electron chi connectivity index (χ1n) is 8.88. The third-order valence-corrected chi connectivity index (χ3v) is 4.79. The molecule has 5 rings (SSSR count). The third kappa shape index (κ3) is 2.52. The molecule has 0 radical (unpaired) electrons. The number of morpholine rings is 1. The number of para-hydroxylation sites is 1. The summed E-state index contributed by atoms with van der Waals surface area (Å²) in [5.74, 6) is 1.58. The highest BCUT2D eigenvalue weighted by Gasteiger charge is 2.22. The SMILES string of the molecule is Cc1cccc(-c2nc(N3CCOCC3)c3oc4ccccc4c3n2)c1. The predicted octanol–water partition coefficient (Wildman–Crippen LogP) is 4.19. The zero-order valence-corrected chi connectivity index (χ0v) is 14.6. The highest BCUT2D eigenvalue weighted by atomic mass is 16.5. The highest BCUT2D eigenvalue weighted by molar-refractivity contribution is 6.06. The second kappa shape index (κ2) is 6.11. The number of hydrogen-bond acceptors (Lipinski definition) is 5. The van der Waals surface area contributed by atoms with Gasteiger partial charge in [0, 0.05) is 24.0 Å². The van der Waals surface area contributed by atoms with Gasteiger partial charge < -0.3 is 14.1 Å². The van der Waals surface area contributed by atoms with Crippen LogP contribution in [0.1, 0.15) is 5.56 Å². The standard InChI is InChI=1S/C21H19N3O2/c1-14-5-4-6-15(13-14)20-22-18-16-7-2-3-8-17(16)26-19(18)21(23-20)24-9-11-25-12-10-24/h2-8,13H,9-12H2,1H3. The second-order valence-electron chi connectivity index (χ2n) is 6.62. The average Bonchev–Trinajstić information content (AvgIpc) is 3.06. The van der Waals surface area contributed by atoms with Crippen LogP contribution in [0.2, 0.25) is 0 Å². The first-order valence-corrected chi connectivity index (χ1v) is 8.88. The van der Waals surface area contributed by atoms with Crippen LogP contribution in [0.25, 0.3) is 33.5 Å². The van der Waals surface area contributed by atoms with Crippen LogP contribution in [0, 0.1) is 6.92 Å². The monoisotopic (exact) mass is 345 g/mol. The van der Waals surface area contributed by atoms with Crippen LogP contribution in [0.15, 0.2) is 52.9 Å². The summed E-state index contributed by atoms with van der Waals surface area (Å²) in [5, 5.41) is 1.02. The van der Waals surface area contributed by atoms with Crippen LogP contribution >= 0.6 is 0 Å².